The summed E-state index contributed by atoms with van der Waals surface area (Å²) in [5, 5.41) is 13.1. The lowest BCUT2D eigenvalue weighted by molar-refractivity contribution is -0.137. The molecule has 1 aromatic heterocycles. The fourth-order valence-corrected chi connectivity index (χ4v) is 3.94. The average Bonchev–Trinajstić information content (AvgIpc) is 3.24. The monoisotopic (exact) mass is 493 g/mol. The Labute approximate surface area is 194 Å². The van der Waals surface area contributed by atoms with Crippen LogP contribution in [0, 0.1) is 0 Å². The fraction of sp³-hybridized carbons (Fsp3) is 0.0455. The number of aromatic nitrogens is 2. The van der Waals surface area contributed by atoms with E-state index in [9.17, 15) is 18.0 Å². The lowest BCUT2D eigenvalue weighted by atomic mass is 10.00. The Hall–Kier alpha value is -2.94. The molecule has 0 radical (unpaired) electrons. The third-order valence-electron chi connectivity index (χ3n) is 4.42. The number of benzene rings is 3. The molecule has 0 spiro atoms. The van der Waals surface area contributed by atoms with E-state index in [1.165, 1.54) is 23.5 Å². The van der Waals surface area contributed by atoms with E-state index < -0.39 is 17.5 Å². The molecule has 0 fully saturated rings. The number of anilines is 2. The molecule has 32 heavy (non-hydrogen) atoms. The number of nitrogens with zero attached hydrogens (tertiary/aromatic N) is 2. The first-order chi connectivity index (χ1) is 15.2. The van der Waals surface area contributed by atoms with E-state index in [-0.39, 0.29) is 11.1 Å². The number of hydrogen-bond acceptors (Lipinski definition) is 5. The number of hydrogen-bond donors (Lipinski definition) is 1. The van der Waals surface area contributed by atoms with Gasteiger partial charge in [0.25, 0.3) is 0 Å². The molecule has 0 aliphatic rings. The highest BCUT2D eigenvalue weighted by molar-refractivity contribution is 7.18. The fourth-order valence-electron chi connectivity index (χ4n) is 2.88. The van der Waals surface area contributed by atoms with E-state index in [0.29, 0.717) is 31.4 Å². The zero-order valence-electron chi connectivity index (χ0n) is 16.0. The van der Waals surface area contributed by atoms with Crippen molar-refractivity contribution in [1.82, 2.24) is 10.2 Å². The number of alkyl halides is 3. The summed E-state index contributed by atoms with van der Waals surface area (Å²) in [6, 6.07) is 15.9. The van der Waals surface area contributed by atoms with Crippen LogP contribution in [0.4, 0.5) is 24.0 Å². The summed E-state index contributed by atoms with van der Waals surface area (Å²) < 4.78 is 38.9. The van der Waals surface area contributed by atoms with Gasteiger partial charge in [0, 0.05) is 22.4 Å². The Bertz CT molecular complexity index is 1310. The lowest BCUT2D eigenvalue weighted by Crippen LogP contribution is -2.08. The van der Waals surface area contributed by atoms with Gasteiger partial charge in [0.05, 0.1) is 15.6 Å². The topological polar surface area (TPSA) is 54.9 Å². The zero-order valence-corrected chi connectivity index (χ0v) is 18.3. The highest BCUT2D eigenvalue weighted by Gasteiger charge is 2.31. The molecule has 1 N–H and O–H groups in total. The number of halogens is 5. The maximum absolute atomic E-state index is 13.0. The second-order valence-electron chi connectivity index (χ2n) is 6.65. The van der Waals surface area contributed by atoms with Crippen molar-refractivity contribution in [2.45, 2.75) is 6.18 Å². The van der Waals surface area contributed by atoms with Crippen LogP contribution in [-0.2, 0) is 6.18 Å². The molecule has 4 nitrogen and oxygen atoms in total. The maximum atomic E-state index is 13.0. The molecule has 0 unspecified atom stereocenters. The Kier molecular flexibility index (Phi) is 6.19. The molecule has 10 heteroatoms. The van der Waals surface area contributed by atoms with Gasteiger partial charge in [0.1, 0.15) is 5.01 Å². The minimum atomic E-state index is -4.53. The highest BCUT2D eigenvalue weighted by Crippen LogP contribution is 2.32. The Morgan fingerprint density at radius 2 is 1.59 bits per heavy atom. The molecule has 3 aromatic carbocycles. The van der Waals surface area contributed by atoms with Gasteiger partial charge in [0.2, 0.25) is 5.13 Å². The molecule has 4 aromatic rings. The van der Waals surface area contributed by atoms with Crippen molar-refractivity contribution < 1.29 is 18.0 Å². The van der Waals surface area contributed by atoms with E-state index in [1.54, 1.807) is 42.5 Å². The van der Waals surface area contributed by atoms with Gasteiger partial charge in [-0.3, -0.25) is 4.79 Å². The van der Waals surface area contributed by atoms with Crippen molar-refractivity contribution in [3.63, 3.8) is 0 Å². The minimum Gasteiger partial charge on any atom is -0.330 e. The van der Waals surface area contributed by atoms with Crippen LogP contribution < -0.4 is 5.32 Å². The quantitative estimate of drug-likeness (QED) is 0.292. The van der Waals surface area contributed by atoms with E-state index in [0.717, 1.165) is 12.1 Å². The number of carbonyl (C=O) groups excluding carboxylic acids is 1. The van der Waals surface area contributed by atoms with Gasteiger partial charge in [-0.25, -0.2) is 0 Å². The largest absolute Gasteiger partial charge is 0.416 e. The maximum Gasteiger partial charge on any atom is 0.416 e. The molecule has 162 valence electrons. The van der Waals surface area contributed by atoms with Gasteiger partial charge in [-0.15, -0.1) is 10.2 Å². The second-order valence-corrected chi connectivity index (χ2v) is 8.45. The Morgan fingerprint density at radius 3 is 2.31 bits per heavy atom. The highest BCUT2D eigenvalue weighted by atomic mass is 35.5. The van der Waals surface area contributed by atoms with Crippen molar-refractivity contribution in [3.8, 4) is 10.6 Å². The van der Waals surface area contributed by atoms with Gasteiger partial charge in [0.15, 0.2) is 5.78 Å². The van der Waals surface area contributed by atoms with Crippen LogP contribution in [0.25, 0.3) is 10.6 Å². The van der Waals surface area contributed by atoms with Crippen LogP contribution in [0.2, 0.25) is 10.0 Å². The van der Waals surface area contributed by atoms with Gasteiger partial charge in [-0.05, 0) is 36.4 Å². The summed E-state index contributed by atoms with van der Waals surface area (Å²) in [6.07, 6.45) is -4.53. The first-order valence-electron chi connectivity index (χ1n) is 9.09. The molecular weight excluding hydrogens is 482 g/mol. The molecule has 0 bridgehead atoms. The zero-order chi connectivity index (χ0) is 22.9. The first-order valence-corrected chi connectivity index (χ1v) is 10.7. The standard InChI is InChI=1S/C22H12Cl2F3N3OS/c23-17-8-7-16(11-18(17)24)28-21-30-29-20(32-21)14-5-1-3-12(9-14)19(31)13-4-2-6-15(10-13)22(25,26)27/h1-11H,(H,28,30). The van der Waals surface area contributed by atoms with Crippen LogP contribution in [0.15, 0.2) is 66.7 Å². The molecule has 0 saturated heterocycles. The number of rotatable bonds is 5. The summed E-state index contributed by atoms with van der Waals surface area (Å²) in [7, 11) is 0. The average molecular weight is 494 g/mol. The summed E-state index contributed by atoms with van der Waals surface area (Å²) >= 11 is 13.2. The number of ketones is 1. The summed E-state index contributed by atoms with van der Waals surface area (Å²) in [5.74, 6) is -0.517. The lowest BCUT2D eigenvalue weighted by Gasteiger charge is -2.08. The number of carbonyl (C=O) groups is 1. The van der Waals surface area contributed by atoms with E-state index in [1.807, 2.05) is 0 Å². The normalized spacial score (nSPS) is 11.4. The van der Waals surface area contributed by atoms with Crippen LogP contribution in [0.1, 0.15) is 21.5 Å². The molecule has 1 heterocycles. The van der Waals surface area contributed by atoms with Gasteiger partial charge < -0.3 is 5.32 Å². The third-order valence-corrected chi connectivity index (χ3v) is 6.05. The Morgan fingerprint density at radius 1 is 0.875 bits per heavy atom. The van der Waals surface area contributed by atoms with Crippen LogP contribution >= 0.6 is 34.5 Å². The van der Waals surface area contributed by atoms with E-state index >= 15 is 0 Å². The molecule has 0 aliphatic heterocycles. The minimum absolute atomic E-state index is 0.0452. The molecular formula is C22H12Cl2F3N3OS. The summed E-state index contributed by atoms with van der Waals surface area (Å²) in [5.41, 5.74) is 0.618. The van der Waals surface area contributed by atoms with Crippen LogP contribution in [0.3, 0.4) is 0 Å². The van der Waals surface area contributed by atoms with E-state index in [2.05, 4.69) is 15.5 Å². The SMILES string of the molecule is O=C(c1cccc(-c2nnc(Nc3ccc(Cl)c(Cl)c3)s2)c1)c1cccc(C(F)(F)F)c1. The first kappa shape index (κ1) is 22.3. The van der Waals surface area contributed by atoms with Crippen molar-refractivity contribution in [1.29, 1.82) is 0 Å². The van der Waals surface area contributed by atoms with Gasteiger partial charge in [-0.1, -0.05) is 64.9 Å². The summed E-state index contributed by atoms with van der Waals surface area (Å²) in [4.78, 5) is 12.8. The molecule has 0 aliphatic carbocycles. The molecule has 0 saturated carbocycles. The third kappa shape index (κ3) is 4.93. The van der Waals surface area contributed by atoms with Crippen molar-refractivity contribution in [2.75, 3.05) is 5.32 Å². The van der Waals surface area contributed by atoms with Gasteiger partial charge >= 0.3 is 6.18 Å². The van der Waals surface area contributed by atoms with Crippen LogP contribution in [0.5, 0.6) is 0 Å². The smallest absolute Gasteiger partial charge is 0.330 e. The van der Waals surface area contributed by atoms with Crippen molar-refractivity contribution in [2.24, 2.45) is 0 Å². The van der Waals surface area contributed by atoms with Gasteiger partial charge in [-0.2, -0.15) is 13.2 Å². The molecule has 4 rings (SSSR count). The van der Waals surface area contributed by atoms with E-state index in [4.69, 9.17) is 23.2 Å². The van der Waals surface area contributed by atoms with Crippen LogP contribution in [-0.4, -0.2) is 16.0 Å². The van der Waals surface area contributed by atoms with Crippen molar-refractivity contribution >= 4 is 51.1 Å². The second kappa shape index (κ2) is 8.90. The predicted molar refractivity (Wildman–Crippen MR) is 120 cm³/mol. The summed E-state index contributed by atoms with van der Waals surface area (Å²) in [6.45, 7) is 0. The predicted octanol–water partition coefficient (Wildman–Crippen LogP) is 7.51. The molecule has 0 amide bonds. The van der Waals surface area contributed by atoms with Crippen molar-refractivity contribution in [3.05, 3.63) is 93.5 Å². The number of nitrogens with one attached hydrogen (secondary N) is 1. The Balaban J connectivity index is 1.57. The molecule has 0 atom stereocenters.